The smallest absolute Gasteiger partial charge is 0.265 e. The number of rotatable bonds is 6. The van der Waals surface area contributed by atoms with Gasteiger partial charge in [-0.25, -0.2) is 8.42 Å². The van der Waals surface area contributed by atoms with E-state index in [1.54, 1.807) is 38.1 Å². The number of carbonyl (C=O) groups is 1. The average Bonchev–Trinajstić information content (AvgIpc) is 2.78. The van der Waals surface area contributed by atoms with E-state index in [1.807, 2.05) is 49.4 Å². The number of hydrogen-bond acceptors (Lipinski definition) is 4. The van der Waals surface area contributed by atoms with E-state index in [4.69, 9.17) is 4.74 Å². The molecule has 0 radical (unpaired) electrons. The highest BCUT2D eigenvalue weighted by atomic mass is 32.2. The summed E-state index contributed by atoms with van der Waals surface area (Å²) in [6, 6.07) is 20.5. The van der Waals surface area contributed by atoms with Gasteiger partial charge in [-0.1, -0.05) is 60.2 Å². The van der Waals surface area contributed by atoms with E-state index in [1.165, 1.54) is 4.31 Å². The van der Waals surface area contributed by atoms with Gasteiger partial charge in [0.05, 0.1) is 17.1 Å². The Kier molecular flexibility index (Phi) is 6.42. The van der Waals surface area contributed by atoms with Crippen molar-refractivity contribution in [3.63, 3.8) is 0 Å². The predicted molar refractivity (Wildman–Crippen MR) is 129 cm³/mol. The van der Waals surface area contributed by atoms with Crippen LogP contribution in [0.2, 0.25) is 0 Å². The lowest BCUT2D eigenvalue weighted by Gasteiger charge is -2.35. The molecular weight excluding hydrogens is 436 g/mol. The van der Waals surface area contributed by atoms with Gasteiger partial charge in [0.2, 0.25) is 0 Å². The zero-order chi connectivity index (χ0) is 23.6. The number of fused-ring (bicyclic) bond motifs is 1. The highest BCUT2D eigenvalue weighted by Crippen LogP contribution is 2.38. The Morgan fingerprint density at radius 1 is 1.00 bits per heavy atom. The minimum absolute atomic E-state index is 0.0940. The number of para-hydroxylation sites is 2. The van der Waals surface area contributed by atoms with E-state index in [-0.39, 0.29) is 17.3 Å². The van der Waals surface area contributed by atoms with Crippen LogP contribution < -0.4 is 14.4 Å². The molecule has 0 bridgehead atoms. The minimum atomic E-state index is -3.91. The quantitative estimate of drug-likeness (QED) is 0.600. The van der Waals surface area contributed by atoms with Crippen LogP contribution in [0, 0.1) is 20.8 Å². The molecule has 172 valence electrons. The first-order valence-electron chi connectivity index (χ1n) is 11.0. The van der Waals surface area contributed by atoms with Gasteiger partial charge >= 0.3 is 0 Å². The number of carbonyl (C=O) groups excluding carboxylic acids is 1. The van der Waals surface area contributed by atoms with E-state index >= 15 is 0 Å². The molecule has 6 nitrogen and oxygen atoms in total. The molecule has 7 heteroatoms. The largest absolute Gasteiger partial charge is 0.476 e. The molecule has 33 heavy (non-hydrogen) atoms. The third-order valence-corrected chi connectivity index (χ3v) is 7.82. The molecule has 1 aliphatic heterocycles. The molecule has 4 rings (SSSR count). The van der Waals surface area contributed by atoms with Crippen LogP contribution >= 0.6 is 0 Å². The second kappa shape index (κ2) is 9.27. The molecule has 1 aliphatic rings. The lowest BCUT2D eigenvalue weighted by molar-refractivity contribution is -0.127. The highest BCUT2D eigenvalue weighted by Gasteiger charge is 2.38. The highest BCUT2D eigenvalue weighted by molar-refractivity contribution is 7.93. The molecule has 0 aliphatic carbocycles. The number of sulfonamides is 1. The number of anilines is 1. The van der Waals surface area contributed by atoms with E-state index < -0.39 is 16.1 Å². The van der Waals surface area contributed by atoms with Crippen LogP contribution in [0.25, 0.3) is 0 Å². The fourth-order valence-corrected chi connectivity index (χ4v) is 6.23. The van der Waals surface area contributed by atoms with E-state index in [0.29, 0.717) is 35.5 Å². The maximum absolute atomic E-state index is 13.8. The number of amides is 1. The van der Waals surface area contributed by atoms with Crippen molar-refractivity contribution < 1.29 is 17.9 Å². The fraction of sp³-hybridized carbons (Fsp3) is 0.269. The van der Waals surface area contributed by atoms with Crippen LogP contribution in [0.15, 0.2) is 71.6 Å². The first-order valence-corrected chi connectivity index (χ1v) is 12.4. The van der Waals surface area contributed by atoms with Crippen molar-refractivity contribution in [2.75, 3.05) is 17.4 Å². The summed E-state index contributed by atoms with van der Waals surface area (Å²) < 4.78 is 34.8. The monoisotopic (exact) mass is 464 g/mol. The molecule has 3 aromatic carbocycles. The van der Waals surface area contributed by atoms with Crippen LogP contribution in [-0.2, 0) is 21.2 Å². The van der Waals surface area contributed by atoms with Crippen molar-refractivity contribution in [1.82, 2.24) is 5.32 Å². The third-order valence-electron chi connectivity index (χ3n) is 5.74. The Bertz CT molecular complexity index is 1250. The van der Waals surface area contributed by atoms with Gasteiger partial charge in [-0.3, -0.25) is 9.10 Å². The molecule has 0 unspecified atom stereocenters. The summed E-state index contributed by atoms with van der Waals surface area (Å²) in [5.74, 6) is 0.0379. The standard InChI is InChI=1S/C26H28N2O4S/c1-18-15-19(2)25(20(3)16-18)33(30,31)28-17-24(32-23-12-8-7-11-22(23)28)26(29)27-14-13-21-9-5-4-6-10-21/h4-12,15-16,24H,13-14,17H2,1-3H3,(H,27,29)/t24-/m0/s1. The maximum atomic E-state index is 13.8. The summed E-state index contributed by atoms with van der Waals surface area (Å²) in [6.45, 7) is 5.88. The molecule has 1 atom stereocenters. The van der Waals surface area contributed by atoms with Crippen molar-refractivity contribution in [2.45, 2.75) is 38.2 Å². The summed E-state index contributed by atoms with van der Waals surface area (Å²) in [4.78, 5) is 13.2. The molecule has 1 heterocycles. The first-order chi connectivity index (χ1) is 15.8. The summed E-state index contributed by atoms with van der Waals surface area (Å²) in [5.41, 5.74) is 3.91. The Balaban J connectivity index is 1.60. The lowest BCUT2D eigenvalue weighted by Crippen LogP contribution is -2.51. The van der Waals surface area contributed by atoms with Crippen molar-refractivity contribution >= 4 is 21.6 Å². The third kappa shape index (κ3) is 4.73. The second-order valence-corrected chi connectivity index (χ2v) is 10.2. The van der Waals surface area contributed by atoms with Gasteiger partial charge < -0.3 is 10.1 Å². The van der Waals surface area contributed by atoms with Gasteiger partial charge in [0.1, 0.15) is 5.75 Å². The molecule has 0 saturated carbocycles. The van der Waals surface area contributed by atoms with Gasteiger partial charge in [0.25, 0.3) is 15.9 Å². The number of nitrogens with one attached hydrogen (secondary N) is 1. The Labute approximate surface area is 195 Å². The molecule has 0 aromatic heterocycles. The summed E-state index contributed by atoms with van der Waals surface area (Å²) in [7, 11) is -3.91. The van der Waals surface area contributed by atoms with Crippen LogP contribution in [0.5, 0.6) is 5.75 Å². The van der Waals surface area contributed by atoms with Crippen molar-refractivity contribution in [2.24, 2.45) is 0 Å². The second-order valence-electron chi connectivity index (χ2n) is 8.36. The number of benzene rings is 3. The van der Waals surface area contributed by atoms with Crippen LogP contribution in [0.4, 0.5) is 5.69 Å². The van der Waals surface area contributed by atoms with Crippen LogP contribution in [-0.4, -0.2) is 33.5 Å². The normalized spacial score (nSPS) is 15.5. The van der Waals surface area contributed by atoms with Gasteiger partial charge in [0, 0.05) is 6.54 Å². The fourth-order valence-electron chi connectivity index (χ4n) is 4.34. The SMILES string of the molecule is Cc1cc(C)c(S(=O)(=O)N2C[C@@H](C(=O)NCCc3ccccc3)Oc3ccccc32)c(C)c1. The van der Waals surface area contributed by atoms with Crippen LogP contribution in [0.3, 0.4) is 0 Å². The first kappa shape index (κ1) is 22.9. The molecular formula is C26H28N2O4S. The summed E-state index contributed by atoms with van der Waals surface area (Å²) in [6.07, 6.45) is -0.267. The number of aryl methyl sites for hydroxylation is 3. The van der Waals surface area contributed by atoms with Gasteiger partial charge in [-0.05, 0) is 56.0 Å². The zero-order valence-electron chi connectivity index (χ0n) is 19.0. The molecule has 0 spiro atoms. The lowest BCUT2D eigenvalue weighted by atomic mass is 10.1. The number of nitrogens with zero attached hydrogens (tertiary/aromatic N) is 1. The predicted octanol–water partition coefficient (Wildman–Crippen LogP) is 3.93. The Hall–Kier alpha value is -3.32. The van der Waals surface area contributed by atoms with Crippen molar-refractivity contribution in [3.05, 3.63) is 89.0 Å². The maximum Gasteiger partial charge on any atom is 0.265 e. The topological polar surface area (TPSA) is 75.7 Å². The zero-order valence-corrected chi connectivity index (χ0v) is 19.9. The Morgan fingerprint density at radius 2 is 1.64 bits per heavy atom. The number of ether oxygens (including phenoxy) is 1. The Morgan fingerprint density at radius 3 is 2.33 bits per heavy atom. The van der Waals surface area contributed by atoms with E-state index in [0.717, 1.165) is 11.1 Å². The van der Waals surface area contributed by atoms with Crippen molar-refractivity contribution in [1.29, 1.82) is 0 Å². The minimum Gasteiger partial charge on any atom is -0.476 e. The molecule has 1 N–H and O–H groups in total. The summed E-state index contributed by atoms with van der Waals surface area (Å²) in [5, 5.41) is 2.89. The molecule has 0 saturated heterocycles. The van der Waals surface area contributed by atoms with Crippen LogP contribution in [0.1, 0.15) is 22.3 Å². The van der Waals surface area contributed by atoms with Crippen molar-refractivity contribution in [3.8, 4) is 5.75 Å². The molecule has 0 fully saturated rings. The van der Waals surface area contributed by atoms with Gasteiger partial charge in [-0.15, -0.1) is 0 Å². The molecule has 3 aromatic rings. The summed E-state index contributed by atoms with van der Waals surface area (Å²) >= 11 is 0. The van der Waals surface area contributed by atoms with E-state index in [2.05, 4.69) is 5.32 Å². The van der Waals surface area contributed by atoms with E-state index in [9.17, 15) is 13.2 Å². The van der Waals surface area contributed by atoms with Gasteiger partial charge in [-0.2, -0.15) is 0 Å². The number of hydrogen-bond donors (Lipinski definition) is 1. The molecule has 1 amide bonds. The average molecular weight is 465 g/mol. The van der Waals surface area contributed by atoms with Gasteiger partial charge in [0.15, 0.2) is 6.10 Å².